The number of anilines is 1. The Kier molecular flexibility index (Phi) is 2.97. The molecule has 0 saturated heterocycles. The second kappa shape index (κ2) is 4.97. The third-order valence-corrected chi connectivity index (χ3v) is 4.86. The van der Waals surface area contributed by atoms with E-state index in [9.17, 15) is 4.79 Å². The fourth-order valence-corrected chi connectivity index (χ4v) is 3.78. The lowest BCUT2D eigenvalue weighted by molar-refractivity contribution is 0.554. The normalized spacial score (nSPS) is 17.2. The molecule has 0 amide bonds. The molecular weight excluding hydrogens is 282 g/mol. The van der Waals surface area contributed by atoms with Crippen LogP contribution in [0.1, 0.15) is 16.5 Å². The largest absolute Gasteiger partial charge is 0.422 e. The van der Waals surface area contributed by atoms with Crippen LogP contribution in [0.15, 0.2) is 63.8 Å². The lowest BCUT2D eigenvalue weighted by atomic mass is 10.1. The fourth-order valence-electron chi connectivity index (χ4n) is 2.63. The topological polar surface area (TPSA) is 42.2 Å². The van der Waals surface area contributed by atoms with E-state index in [0.29, 0.717) is 11.3 Å². The highest BCUT2D eigenvalue weighted by molar-refractivity contribution is 7.98. The van der Waals surface area contributed by atoms with Gasteiger partial charge < -0.3 is 9.73 Å². The minimum Gasteiger partial charge on any atom is -0.422 e. The summed E-state index contributed by atoms with van der Waals surface area (Å²) in [5.41, 5.74) is 3.24. The standard InChI is InChI=1S/C17H13NO2S/c19-17-13-10-21-16(11-6-2-1-3-7-11)18-15(13)12-8-4-5-9-14(12)20-17/h1-9,16,18H,10H2. The first kappa shape index (κ1) is 12.5. The van der Waals surface area contributed by atoms with E-state index < -0.39 is 0 Å². The molecule has 1 N–H and O–H groups in total. The highest BCUT2D eigenvalue weighted by Gasteiger charge is 2.24. The maximum absolute atomic E-state index is 12.1. The first-order valence-corrected chi connectivity index (χ1v) is 7.85. The van der Waals surface area contributed by atoms with Gasteiger partial charge in [-0.2, -0.15) is 0 Å². The summed E-state index contributed by atoms with van der Waals surface area (Å²) in [6.45, 7) is 0. The van der Waals surface area contributed by atoms with Crippen LogP contribution >= 0.6 is 11.8 Å². The van der Waals surface area contributed by atoms with Gasteiger partial charge in [-0.3, -0.25) is 0 Å². The van der Waals surface area contributed by atoms with Crippen molar-refractivity contribution in [2.45, 2.75) is 11.1 Å². The number of para-hydroxylation sites is 1. The van der Waals surface area contributed by atoms with Crippen molar-refractivity contribution in [1.29, 1.82) is 0 Å². The lowest BCUT2D eigenvalue weighted by Gasteiger charge is -2.27. The zero-order valence-corrected chi connectivity index (χ0v) is 12.0. The molecule has 1 unspecified atom stereocenters. The van der Waals surface area contributed by atoms with Crippen molar-refractivity contribution >= 4 is 28.4 Å². The fraction of sp³-hybridized carbons (Fsp3) is 0.118. The molecule has 1 aromatic heterocycles. The van der Waals surface area contributed by atoms with Crippen molar-refractivity contribution in [1.82, 2.24) is 0 Å². The van der Waals surface area contributed by atoms with Crippen molar-refractivity contribution in [3.05, 3.63) is 76.1 Å². The Morgan fingerprint density at radius 1 is 1.05 bits per heavy atom. The van der Waals surface area contributed by atoms with Gasteiger partial charge in [0.1, 0.15) is 5.58 Å². The predicted molar refractivity (Wildman–Crippen MR) is 86.6 cm³/mol. The maximum atomic E-state index is 12.1. The molecule has 4 heteroatoms. The molecule has 3 nitrogen and oxygen atoms in total. The van der Waals surface area contributed by atoms with E-state index >= 15 is 0 Å². The van der Waals surface area contributed by atoms with E-state index in [0.717, 1.165) is 16.6 Å². The number of thioether (sulfide) groups is 1. The summed E-state index contributed by atoms with van der Waals surface area (Å²) in [6.07, 6.45) is 0. The van der Waals surface area contributed by atoms with Gasteiger partial charge in [0.2, 0.25) is 0 Å². The molecule has 1 atom stereocenters. The predicted octanol–water partition coefficient (Wildman–Crippen LogP) is 4.15. The Morgan fingerprint density at radius 3 is 2.67 bits per heavy atom. The second-order valence-corrected chi connectivity index (χ2v) is 6.08. The average Bonchev–Trinajstić information content (AvgIpc) is 2.55. The van der Waals surface area contributed by atoms with Crippen LogP contribution in [-0.2, 0) is 5.75 Å². The van der Waals surface area contributed by atoms with Crippen LogP contribution in [0.3, 0.4) is 0 Å². The summed E-state index contributed by atoms with van der Waals surface area (Å²) >= 11 is 1.71. The van der Waals surface area contributed by atoms with Gasteiger partial charge in [0.05, 0.1) is 16.6 Å². The Labute approximate surface area is 126 Å². The van der Waals surface area contributed by atoms with E-state index in [4.69, 9.17) is 4.42 Å². The molecule has 1 aliphatic heterocycles. The number of rotatable bonds is 1. The van der Waals surface area contributed by atoms with Crippen molar-refractivity contribution in [3.63, 3.8) is 0 Å². The molecule has 0 spiro atoms. The Hall–Kier alpha value is -2.20. The number of hydrogen-bond acceptors (Lipinski definition) is 4. The van der Waals surface area contributed by atoms with Crippen LogP contribution in [0.4, 0.5) is 5.69 Å². The van der Waals surface area contributed by atoms with Crippen LogP contribution in [0.25, 0.3) is 11.0 Å². The van der Waals surface area contributed by atoms with Gasteiger partial charge in [0.15, 0.2) is 0 Å². The van der Waals surface area contributed by atoms with Crippen molar-refractivity contribution in [2.75, 3.05) is 5.32 Å². The number of benzene rings is 2. The lowest BCUT2D eigenvalue weighted by Crippen LogP contribution is -2.20. The molecule has 4 rings (SSSR count). The van der Waals surface area contributed by atoms with Crippen LogP contribution in [-0.4, -0.2) is 0 Å². The van der Waals surface area contributed by atoms with Crippen LogP contribution < -0.4 is 10.9 Å². The Balaban J connectivity index is 1.86. The summed E-state index contributed by atoms with van der Waals surface area (Å²) in [5.74, 6) is 0.662. The molecule has 2 aromatic carbocycles. The summed E-state index contributed by atoms with van der Waals surface area (Å²) in [7, 11) is 0. The highest BCUT2D eigenvalue weighted by Crippen LogP contribution is 2.41. The summed E-state index contributed by atoms with van der Waals surface area (Å²) in [5, 5.41) is 4.62. The molecule has 2 heterocycles. The van der Waals surface area contributed by atoms with Crippen molar-refractivity contribution in [3.8, 4) is 0 Å². The Morgan fingerprint density at radius 2 is 1.81 bits per heavy atom. The molecule has 0 bridgehead atoms. The average molecular weight is 295 g/mol. The number of hydrogen-bond donors (Lipinski definition) is 1. The highest BCUT2D eigenvalue weighted by atomic mass is 32.2. The van der Waals surface area contributed by atoms with E-state index in [1.165, 1.54) is 5.56 Å². The minimum absolute atomic E-state index is 0.156. The third kappa shape index (κ3) is 2.12. The van der Waals surface area contributed by atoms with E-state index in [-0.39, 0.29) is 11.0 Å². The quantitative estimate of drug-likeness (QED) is 0.685. The third-order valence-electron chi connectivity index (χ3n) is 3.68. The monoisotopic (exact) mass is 295 g/mol. The number of nitrogens with one attached hydrogen (secondary N) is 1. The van der Waals surface area contributed by atoms with Crippen LogP contribution in [0.2, 0.25) is 0 Å². The Bertz CT molecular complexity index is 858. The molecule has 0 saturated carbocycles. The molecule has 0 aliphatic carbocycles. The number of fused-ring (bicyclic) bond motifs is 3. The first-order valence-electron chi connectivity index (χ1n) is 6.81. The maximum Gasteiger partial charge on any atom is 0.342 e. The molecule has 3 aromatic rings. The molecular formula is C17H13NO2S. The molecule has 1 aliphatic rings. The van der Waals surface area contributed by atoms with Crippen molar-refractivity contribution < 1.29 is 4.42 Å². The molecule has 0 radical (unpaired) electrons. The summed E-state index contributed by atoms with van der Waals surface area (Å²) in [4.78, 5) is 12.1. The van der Waals surface area contributed by atoms with E-state index in [1.807, 2.05) is 42.5 Å². The van der Waals surface area contributed by atoms with Gasteiger partial charge in [-0.25, -0.2) is 4.79 Å². The van der Waals surface area contributed by atoms with Crippen molar-refractivity contribution in [2.24, 2.45) is 0 Å². The van der Waals surface area contributed by atoms with Gasteiger partial charge in [-0.05, 0) is 17.7 Å². The smallest absolute Gasteiger partial charge is 0.342 e. The zero-order valence-electron chi connectivity index (χ0n) is 11.2. The molecule has 0 fully saturated rings. The van der Waals surface area contributed by atoms with Gasteiger partial charge in [-0.1, -0.05) is 42.5 Å². The molecule has 21 heavy (non-hydrogen) atoms. The summed E-state index contributed by atoms with van der Waals surface area (Å²) < 4.78 is 5.39. The zero-order chi connectivity index (χ0) is 14.2. The second-order valence-electron chi connectivity index (χ2n) is 4.99. The molecule has 104 valence electrons. The van der Waals surface area contributed by atoms with E-state index in [1.54, 1.807) is 11.8 Å². The van der Waals surface area contributed by atoms with Gasteiger partial charge >= 0.3 is 5.63 Å². The van der Waals surface area contributed by atoms with Gasteiger partial charge in [0.25, 0.3) is 0 Å². The van der Waals surface area contributed by atoms with Crippen LogP contribution in [0.5, 0.6) is 0 Å². The SMILES string of the molecule is O=c1oc2ccccc2c2c1CSC(c1ccccc1)N2. The van der Waals surface area contributed by atoms with Crippen LogP contribution in [0, 0.1) is 0 Å². The van der Waals surface area contributed by atoms with E-state index in [2.05, 4.69) is 17.4 Å². The van der Waals surface area contributed by atoms with Gasteiger partial charge in [0, 0.05) is 11.1 Å². The first-order chi connectivity index (χ1) is 10.3. The minimum atomic E-state index is -0.241. The summed E-state index contributed by atoms with van der Waals surface area (Å²) in [6, 6.07) is 17.9. The van der Waals surface area contributed by atoms with Gasteiger partial charge in [-0.15, -0.1) is 11.8 Å².